The molecular formula is C44H81NO10. The van der Waals surface area contributed by atoms with Crippen LogP contribution in [0.25, 0.3) is 0 Å². The summed E-state index contributed by atoms with van der Waals surface area (Å²) in [6.45, 7) is 3.36. The highest BCUT2D eigenvalue weighted by molar-refractivity contribution is 5.80. The Bertz CT molecular complexity index is 992. The maximum absolute atomic E-state index is 13.0. The molecule has 55 heavy (non-hydrogen) atoms. The largest absolute Gasteiger partial charge is 0.394 e. The Kier molecular flexibility index (Phi) is 32.1. The summed E-state index contributed by atoms with van der Waals surface area (Å²) < 4.78 is 11.0. The van der Waals surface area contributed by atoms with Crippen LogP contribution in [-0.4, -0.2) is 110 Å². The van der Waals surface area contributed by atoms with E-state index in [1.807, 2.05) is 0 Å². The van der Waals surface area contributed by atoms with Crippen molar-refractivity contribution in [2.75, 3.05) is 13.2 Å². The Balaban J connectivity index is 2.55. The molecule has 11 heteroatoms. The predicted octanol–water partition coefficient (Wildman–Crippen LogP) is 6.44. The first-order chi connectivity index (χ1) is 26.7. The SMILES string of the molecule is CCCCCCCC/C=C\CCCCC(O)C(=O)NC(COC1OC(CO)C(O)C(O)C1O)C(O)C(O)CCC/C=C/CC/C=C/CCCCCCCCC. The van der Waals surface area contributed by atoms with Gasteiger partial charge in [-0.1, -0.05) is 127 Å². The fourth-order valence-corrected chi connectivity index (χ4v) is 6.68. The summed E-state index contributed by atoms with van der Waals surface area (Å²) in [4.78, 5) is 13.0. The van der Waals surface area contributed by atoms with E-state index in [0.717, 1.165) is 38.5 Å². The third-order valence-corrected chi connectivity index (χ3v) is 10.4. The Morgan fingerprint density at radius 3 is 1.62 bits per heavy atom. The molecule has 0 aromatic heterocycles. The number of unbranched alkanes of at least 4 members (excludes halogenated alkanes) is 17. The number of rotatable bonds is 35. The second-order valence-corrected chi connectivity index (χ2v) is 15.4. The summed E-state index contributed by atoms with van der Waals surface area (Å²) >= 11 is 0. The van der Waals surface area contributed by atoms with Crippen molar-refractivity contribution in [3.63, 3.8) is 0 Å². The number of carbonyl (C=O) groups is 1. The van der Waals surface area contributed by atoms with E-state index in [0.29, 0.717) is 19.3 Å². The monoisotopic (exact) mass is 784 g/mol. The Hall–Kier alpha value is -1.67. The van der Waals surface area contributed by atoms with E-state index in [-0.39, 0.29) is 12.8 Å². The van der Waals surface area contributed by atoms with Gasteiger partial charge in [0.1, 0.15) is 36.6 Å². The van der Waals surface area contributed by atoms with E-state index < -0.39 is 74.2 Å². The summed E-state index contributed by atoms with van der Waals surface area (Å²) in [6.07, 6.45) is 26.3. The predicted molar refractivity (Wildman–Crippen MR) is 219 cm³/mol. The van der Waals surface area contributed by atoms with Gasteiger partial charge in [-0.2, -0.15) is 0 Å². The van der Waals surface area contributed by atoms with Crippen LogP contribution in [0.3, 0.4) is 0 Å². The van der Waals surface area contributed by atoms with Crippen molar-refractivity contribution < 1.29 is 50.0 Å². The van der Waals surface area contributed by atoms with Gasteiger partial charge >= 0.3 is 0 Å². The molecule has 1 saturated heterocycles. The molecule has 0 radical (unpaired) electrons. The normalized spacial score (nSPS) is 22.8. The molecule has 0 saturated carbocycles. The average molecular weight is 784 g/mol. The zero-order chi connectivity index (χ0) is 40.5. The molecule has 8 N–H and O–H groups in total. The van der Waals surface area contributed by atoms with Crippen molar-refractivity contribution in [2.45, 2.75) is 223 Å². The van der Waals surface area contributed by atoms with E-state index in [4.69, 9.17) is 9.47 Å². The van der Waals surface area contributed by atoms with Crippen molar-refractivity contribution >= 4 is 5.91 Å². The lowest BCUT2D eigenvalue weighted by atomic mass is 9.98. The van der Waals surface area contributed by atoms with E-state index in [9.17, 15) is 40.5 Å². The van der Waals surface area contributed by atoms with Crippen LogP contribution < -0.4 is 5.32 Å². The molecule has 1 amide bonds. The van der Waals surface area contributed by atoms with Crippen LogP contribution in [0.1, 0.15) is 168 Å². The van der Waals surface area contributed by atoms with Gasteiger partial charge in [0.2, 0.25) is 5.91 Å². The first kappa shape index (κ1) is 51.3. The molecule has 0 bridgehead atoms. The number of carbonyl (C=O) groups excluding carboxylic acids is 1. The highest BCUT2D eigenvalue weighted by Gasteiger charge is 2.44. The molecule has 9 unspecified atom stereocenters. The Morgan fingerprint density at radius 1 is 0.618 bits per heavy atom. The lowest BCUT2D eigenvalue weighted by molar-refractivity contribution is -0.303. The third kappa shape index (κ3) is 24.7. The van der Waals surface area contributed by atoms with Crippen LogP contribution in [0.15, 0.2) is 36.5 Å². The lowest BCUT2D eigenvalue weighted by Crippen LogP contribution is -2.60. The molecule has 1 aliphatic rings. The fraction of sp³-hybridized carbons (Fsp3) is 0.841. The van der Waals surface area contributed by atoms with E-state index in [1.165, 1.54) is 83.5 Å². The number of hydrogen-bond donors (Lipinski definition) is 8. The standard InChI is InChI=1S/C44H81NO10/c1-3-5-7-9-11-13-15-17-18-19-20-22-23-25-27-29-31-36(47)39(49)35(34-54-44-42(52)41(51)40(50)38(33-46)55-44)45-43(53)37(48)32-30-28-26-24-21-16-14-12-10-8-6-4-2/h18-19,21,23-25,35-42,44,46-52H,3-17,20,22,26-34H2,1-2H3,(H,45,53)/b19-18+,24-21-,25-23+. The third-order valence-electron chi connectivity index (χ3n) is 10.4. The molecule has 9 atom stereocenters. The molecule has 0 spiro atoms. The first-order valence-corrected chi connectivity index (χ1v) is 21.9. The van der Waals surface area contributed by atoms with Gasteiger partial charge < -0.3 is 50.5 Å². The van der Waals surface area contributed by atoms with Crippen LogP contribution in [0.5, 0.6) is 0 Å². The minimum atomic E-state index is -1.67. The van der Waals surface area contributed by atoms with E-state index >= 15 is 0 Å². The molecule has 1 fully saturated rings. The number of hydrogen-bond acceptors (Lipinski definition) is 10. The van der Waals surface area contributed by atoms with Gasteiger partial charge in [0, 0.05) is 0 Å². The van der Waals surface area contributed by atoms with Crippen molar-refractivity contribution in [3.05, 3.63) is 36.5 Å². The second kappa shape index (κ2) is 34.4. The van der Waals surface area contributed by atoms with Crippen LogP contribution in [0.4, 0.5) is 0 Å². The molecular weight excluding hydrogens is 702 g/mol. The number of aliphatic hydroxyl groups excluding tert-OH is 7. The first-order valence-electron chi connectivity index (χ1n) is 21.9. The van der Waals surface area contributed by atoms with E-state index in [1.54, 1.807) is 0 Å². The van der Waals surface area contributed by atoms with Crippen molar-refractivity contribution in [2.24, 2.45) is 0 Å². The van der Waals surface area contributed by atoms with Gasteiger partial charge in [-0.15, -0.1) is 0 Å². The van der Waals surface area contributed by atoms with Crippen molar-refractivity contribution in [1.82, 2.24) is 5.32 Å². The molecule has 0 aromatic carbocycles. The van der Waals surface area contributed by atoms with Gasteiger partial charge in [-0.05, 0) is 77.0 Å². The molecule has 0 aromatic rings. The van der Waals surface area contributed by atoms with Crippen molar-refractivity contribution in [1.29, 1.82) is 0 Å². The molecule has 1 aliphatic heterocycles. The maximum atomic E-state index is 13.0. The number of ether oxygens (including phenoxy) is 2. The summed E-state index contributed by atoms with van der Waals surface area (Å²) in [6, 6.07) is -1.20. The molecule has 0 aliphatic carbocycles. The minimum absolute atomic E-state index is 0.220. The topological polar surface area (TPSA) is 189 Å². The Labute approximate surface area is 333 Å². The van der Waals surface area contributed by atoms with Gasteiger partial charge in [-0.25, -0.2) is 0 Å². The molecule has 1 rings (SSSR count). The number of aliphatic hydroxyl groups is 7. The number of nitrogens with one attached hydrogen (secondary N) is 1. The van der Waals surface area contributed by atoms with Gasteiger partial charge in [0.25, 0.3) is 0 Å². The molecule has 11 nitrogen and oxygen atoms in total. The average Bonchev–Trinajstić information content (AvgIpc) is 3.18. The van der Waals surface area contributed by atoms with Crippen molar-refractivity contribution in [3.8, 4) is 0 Å². The zero-order valence-corrected chi connectivity index (χ0v) is 34.4. The highest BCUT2D eigenvalue weighted by atomic mass is 16.7. The van der Waals surface area contributed by atoms with E-state index in [2.05, 4.69) is 55.6 Å². The number of allylic oxidation sites excluding steroid dienone is 6. The highest BCUT2D eigenvalue weighted by Crippen LogP contribution is 2.23. The summed E-state index contributed by atoms with van der Waals surface area (Å²) in [7, 11) is 0. The zero-order valence-electron chi connectivity index (χ0n) is 34.4. The summed E-state index contributed by atoms with van der Waals surface area (Å²) in [5, 5.41) is 75.4. The lowest BCUT2D eigenvalue weighted by Gasteiger charge is -2.40. The molecule has 322 valence electrons. The van der Waals surface area contributed by atoms with Crippen LogP contribution in [0, 0.1) is 0 Å². The van der Waals surface area contributed by atoms with Crippen LogP contribution in [0.2, 0.25) is 0 Å². The van der Waals surface area contributed by atoms with Gasteiger partial charge in [0.05, 0.1) is 25.4 Å². The van der Waals surface area contributed by atoms with Crippen LogP contribution in [-0.2, 0) is 14.3 Å². The minimum Gasteiger partial charge on any atom is -0.394 e. The van der Waals surface area contributed by atoms with Gasteiger partial charge in [-0.3, -0.25) is 4.79 Å². The summed E-state index contributed by atoms with van der Waals surface area (Å²) in [5.41, 5.74) is 0. The summed E-state index contributed by atoms with van der Waals surface area (Å²) in [5.74, 6) is -0.730. The fourth-order valence-electron chi connectivity index (χ4n) is 6.68. The number of amides is 1. The maximum Gasteiger partial charge on any atom is 0.249 e. The Morgan fingerprint density at radius 2 is 1.09 bits per heavy atom. The second-order valence-electron chi connectivity index (χ2n) is 15.4. The smallest absolute Gasteiger partial charge is 0.249 e. The van der Waals surface area contributed by atoms with Gasteiger partial charge in [0.15, 0.2) is 6.29 Å². The van der Waals surface area contributed by atoms with Crippen LogP contribution >= 0.6 is 0 Å². The molecule has 1 heterocycles. The quantitative estimate of drug-likeness (QED) is 0.0262.